The van der Waals surface area contributed by atoms with Crippen molar-refractivity contribution in [1.29, 1.82) is 0 Å². The number of hydrogen-bond donors (Lipinski definition) is 0. The van der Waals surface area contributed by atoms with Crippen molar-refractivity contribution in [2.45, 2.75) is 43.3 Å². The SMILES string of the molecule is C=C/C=C(\C=C)C1OCC(C2OC3OC(c4ccccc4)OC3C2OC=C)O1. The number of fused-ring (bicyclic) bond motifs is 1. The lowest BCUT2D eigenvalue weighted by atomic mass is 10.1. The third kappa shape index (κ3) is 3.57. The minimum absolute atomic E-state index is 0.337. The average molecular weight is 384 g/mol. The van der Waals surface area contributed by atoms with Crippen molar-refractivity contribution in [1.82, 2.24) is 0 Å². The fraction of sp³-hybridized carbons (Fsp3) is 0.364. The number of rotatable bonds is 7. The molecule has 0 N–H and O–H groups in total. The van der Waals surface area contributed by atoms with E-state index in [4.69, 9.17) is 28.4 Å². The fourth-order valence-corrected chi connectivity index (χ4v) is 3.68. The first kappa shape index (κ1) is 19.1. The van der Waals surface area contributed by atoms with Gasteiger partial charge in [0.1, 0.15) is 12.2 Å². The second kappa shape index (κ2) is 8.43. The molecule has 6 nitrogen and oxygen atoms in total. The van der Waals surface area contributed by atoms with Crippen LogP contribution in [0.3, 0.4) is 0 Å². The Hall–Kier alpha value is -2.22. The molecular formula is C22H24O6. The molecule has 0 radical (unpaired) electrons. The topological polar surface area (TPSA) is 55.4 Å². The summed E-state index contributed by atoms with van der Waals surface area (Å²) < 4.78 is 35.8. The van der Waals surface area contributed by atoms with Gasteiger partial charge in [0, 0.05) is 11.1 Å². The maximum absolute atomic E-state index is 6.12. The third-order valence-corrected chi connectivity index (χ3v) is 4.97. The van der Waals surface area contributed by atoms with Crippen LogP contribution in [0.4, 0.5) is 0 Å². The van der Waals surface area contributed by atoms with Gasteiger partial charge in [-0.25, -0.2) is 0 Å². The van der Waals surface area contributed by atoms with Crippen LogP contribution in [-0.4, -0.2) is 43.6 Å². The summed E-state index contributed by atoms with van der Waals surface area (Å²) in [4.78, 5) is 0. The molecule has 0 aliphatic carbocycles. The summed E-state index contributed by atoms with van der Waals surface area (Å²) >= 11 is 0. The highest BCUT2D eigenvalue weighted by Crippen LogP contribution is 2.42. The molecule has 3 heterocycles. The number of benzene rings is 1. The molecular weight excluding hydrogens is 360 g/mol. The van der Waals surface area contributed by atoms with Gasteiger partial charge in [-0.2, -0.15) is 0 Å². The van der Waals surface area contributed by atoms with E-state index in [1.54, 1.807) is 18.2 Å². The fourth-order valence-electron chi connectivity index (χ4n) is 3.68. The van der Waals surface area contributed by atoms with E-state index >= 15 is 0 Å². The molecule has 3 aliphatic heterocycles. The van der Waals surface area contributed by atoms with Crippen LogP contribution >= 0.6 is 0 Å². The van der Waals surface area contributed by atoms with Gasteiger partial charge in [0.25, 0.3) is 0 Å². The molecule has 4 rings (SSSR count). The van der Waals surface area contributed by atoms with E-state index in [0.717, 1.165) is 11.1 Å². The van der Waals surface area contributed by atoms with Gasteiger partial charge in [-0.05, 0) is 0 Å². The van der Waals surface area contributed by atoms with Gasteiger partial charge in [0.05, 0.1) is 12.9 Å². The van der Waals surface area contributed by atoms with Crippen molar-refractivity contribution in [3.8, 4) is 0 Å². The summed E-state index contributed by atoms with van der Waals surface area (Å²) in [6, 6.07) is 9.73. The summed E-state index contributed by atoms with van der Waals surface area (Å²) in [5.41, 5.74) is 1.73. The van der Waals surface area contributed by atoms with E-state index in [0.29, 0.717) is 6.61 Å². The average Bonchev–Trinajstić information content (AvgIpc) is 3.42. The predicted octanol–water partition coefficient (Wildman–Crippen LogP) is 3.39. The molecule has 0 amide bonds. The summed E-state index contributed by atoms with van der Waals surface area (Å²) in [5.74, 6) is 0. The van der Waals surface area contributed by atoms with Crippen LogP contribution in [0.15, 0.2) is 80.1 Å². The number of allylic oxidation sites excluding steroid dienone is 2. The molecule has 0 spiro atoms. The van der Waals surface area contributed by atoms with Crippen molar-refractivity contribution in [3.63, 3.8) is 0 Å². The Bertz CT molecular complexity index is 745. The Morgan fingerprint density at radius 3 is 2.54 bits per heavy atom. The Labute approximate surface area is 164 Å². The van der Waals surface area contributed by atoms with Crippen molar-refractivity contribution in [2.24, 2.45) is 0 Å². The van der Waals surface area contributed by atoms with E-state index in [1.165, 1.54) is 6.26 Å². The van der Waals surface area contributed by atoms with Crippen molar-refractivity contribution >= 4 is 0 Å². The zero-order valence-electron chi connectivity index (χ0n) is 15.5. The second-order valence-corrected chi connectivity index (χ2v) is 6.66. The van der Waals surface area contributed by atoms with Crippen LogP contribution < -0.4 is 0 Å². The predicted molar refractivity (Wildman–Crippen MR) is 102 cm³/mol. The number of ether oxygens (including phenoxy) is 6. The lowest BCUT2D eigenvalue weighted by Crippen LogP contribution is -2.41. The molecule has 1 aromatic rings. The first-order chi connectivity index (χ1) is 13.7. The molecule has 7 unspecified atom stereocenters. The van der Waals surface area contributed by atoms with E-state index < -0.39 is 37.2 Å². The Balaban J connectivity index is 1.46. The van der Waals surface area contributed by atoms with Gasteiger partial charge in [-0.1, -0.05) is 68.3 Å². The molecule has 6 heteroatoms. The summed E-state index contributed by atoms with van der Waals surface area (Å²) in [7, 11) is 0. The molecule has 28 heavy (non-hydrogen) atoms. The highest BCUT2D eigenvalue weighted by molar-refractivity contribution is 5.24. The highest BCUT2D eigenvalue weighted by atomic mass is 16.8. The van der Waals surface area contributed by atoms with Gasteiger partial charge in [-0.15, -0.1) is 0 Å². The monoisotopic (exact) mass is 384 g/mol. The molecule has 3 saturated heterocycles. The van der Waals surface area contributed by atoms with Crippen LogP contribution in [0.5, 0.6) is 0 Å². The van der Waals surface area contributed by atoms with E-state index in [-0.39, 0.29) is 6.10 Å². The molecule has 7 atom stereocenters. The lowest BCUT2D eigenvalue weighted by Gasteiger charge is -2.26. The van der Waals surface area contributed by atoms with Crippen LogP contribution in [0.2, 0.25) is 0 Å². The van der Waals surface area contributed by atoms with Gasteiger partial charge < -0.3 is 28.4 Å². The van der Waals surface area contributed by atoms with E-state index in [9.17, 15) is 0 Å². The van der Waals surface area contributed by atoms with Crippen molar-refractivity contribution < 1.29 is 28.4 Å². The molecule has 0 bridgehead atoms. The Morgan fingerprint density at radius 2 is 1.82 bits per heavy atom. The smallest absolute Gasteiger partial charge is 0.191 e. The van der Waals surface area contributed by atoms with E-state index in [2.05, 4.69) is 19.7 Å². The molecule has 3 aliphatic rings. The summed E-state index contributed by atoms with van der Waals surface area (Å²) in [6.45, 7) is 11.5. The van der Waals surface area contributed by atoms with Gasteiger partial charge >= 0.3 is 0 Å². The maximum Gasteiger partial charge on any atom is 0.191 e. The largest absolute Gasteiger partial charge is 0.493 e. The van der Waals surface area contributed by atoms with Crippen molar-refractivity contribution in [2.75, 3.05) is 6.61 Å². The minimum Gasteiger partial charge on any atom is -0.493 e. The molecule has 0 saturated carbocycles. The molecule has 148 valence electrons. The summed E-state index contributed by atoms with van der Waals surface area (Å²) in [6.07, 6.45) is 3.43. The minimum atomic E-state index is -0.551. The van der Waals surface area contributed by atoms with Crippen LogP contribution in [0, 0.1) is 0 Å². The molecule has 3 fully saturated rings. The second-order valence-electron chi connectivity index (χ2n) is 6.66. The Kier molecular flexibility index (Phi) is 5.75. The highest BCUT2D eigenvalue weighted by Gasteiger charge is 2.57. The zero-order chi connectivity index (χ0) is 19.5. The first-order valence-corrected chi connectivity index (χ1v) is 9.25. The van der Waals surface area contributed by atoms with Crippen LogP contribution in [0.25, 0.3) is 0 Å². The molecule has 0 aromatic heterocycles. The maximum atomic E-state index is 6.12. The molecule has 1 aromatic carbocycles. The summed E-state index contributed by atoms with van der Waals surface area (Å²) in [5, 5.41) is 0. The van der Waals surface area contributed by atoms with Crippen LogP contribution in [-0.2, 0) is 28.4 Å². The van der Waals surface area contributed by atoms with Gasteiger partial charge in [0.15, 0.2) is 31.1 Å². The van der Waals surface area contributed by atoms with Gasteiger partial charge in [-0.3, -0.25) is 0 Å². The number of hydrogen-bond acceptors (Lipinski definition) is 6. The van der Waals surface area contributed by atoms with Gasteiger partial charge in [0.2, 0.25) is 0 Å². The van der Waals surface area contributed by atoms with Crippen LogP contribution in [0.1, 0.15) is 11.9 Å². The lowest BCUT2D eigenvalue weighted by molar-refractivity contribution is -0.191. The third-order valence-electron chi connectivity index (χ3n) is 4.97. The quantitative estimate of drug-likeness (QED) is 0.531. The Morgan fingerprint density at radius 1 is 1.00 bits per heavy atom. The van der Waals surface area contributed by atoms with Crippen molar-refractivity contribution in [3.05, 3.63) is 85.7 Å². The normalized spacial score (nSPS) is 37.4. The zero-order valence-corrected chi connectivity index (χ0v) is 15.5. The first-order valence-electron chi connectivity index (χ1n) is 9.25. The standard InChI is InChI=1S/C22H24O6/c1-4-10-14(5-2)20-24-13-16(25-20)17-18(23-6-3)19-22(26-17)28-21(27-19)15-11-8-7-9-12-15/h4-12,16-22H,1-3,13H2/b14-10+. The van der Waals surface area contributed by atoms with E-state index in [1.807, 2.05) is 30.3 Å².